The molecule has 0 saturated heterocycles. The number of carbonyl (C=O) groups is 2. The van der Waals surface area contributed by atoms with Crippen LogP contribution in [0.1, 0.15) is 26.3 Å². The summed E-state index contributed by atoms with van der Waals surface area (Å²) in [5, 5.41) is 2.67. The third-order valence-electron chi connectivity index (χ3n) is 4.90. The fourth-order valence-electron chi connectivity index (χ4n) is 3.18. The predicted octanol–water partition coefficient (Wildman–Crippen LogP) is 2.54. The minimum atomic E-state index is -3.81. The second-order valence-corrected chi connectivity index (χ2v) is 9.32. The van der Waals surface area contributed by atoms with E-state index in [0.717, 1.165) is 10.6 Å². The van der Waals surface area contributed by atoms with E-state index in [1.54, 1.807) is 38.1 Å². The average molecular weight is 480 g/mol. The Morgan fingerprint density at radius 3 is 2.18 bits per heavy atom. The third-order valence-corrected chi connectivity index (χ3v) is 6.04. The summed E-state index contributed by atoms with van der Waals surface area (Å²) in [7, 11) is -3.81. The van der Waals surface area contributed by atoms with Gasteiger partial charge in [-0.1, -0.05) is 12.1 Å². The van der Waals surface area contributed by atoms with Gasteiger partial charge in [0.25, 0.3) is 0 Å². The predicted molar refractivity (Wildman–Crippen MR) is 125 cm³/mol. The first kappa shape index (κ1) is 26.1. The molecule has 0 bridgehead atoms. The van der Waals surface area contributed by atoms with Crippen LogP contribution in [0.3, 0.4) is 0 Å². The Hall–Kier alpha value is -3.14. The van der Waals surface area contributed by atoms with Gasteiger partial charge < -0.3 is 15.0 Å². The zero-order valence-electron chi connectivity index (χ0n) is 19.2. The second-order valence-electron chi connectivity index (χ2n) is 7.42. The average Bonchev–Trinajstić information content (AvgIpc) is 2.76. The normalized spacial score (nSPS) is 12.0. The standard InChI is InChI=1S/C23H30FN3O5S/c1-5-25-23(29)17(3)26(15-18-7-9-19(24)10-8-18)22(28)16-27(33(4,30)31)20-11-13-21(14-12-20)32-6-2/h7-14,17H,5-6,15-16H2,1-4H3,(H,25,29)/t17-/m1/s1. The number of ether oxygens (including phenoxy) is 1. The molecule has 0 aliphatic rings. The van der Waals surface area contributed by atoms with Gasteiger partial charge in [0.05, 0.1) is 18.6 Å². The van der Waals surface area contributed by atoms with Crippen LogP contribution < -0.4 is 14.4 Å². The van der Waals surface area contributed by atoms with Crippen LogP contribution >= 0.6 is 0 Å². The molecule has 0 aromatic heterocycles. The summed E-state index contributed by atoms with van der Waals surface area (Å²) in [4.78, 5) is 27.1. The zero-order chi connectivity index (χ0) is 24.6. The maximum absolute atomic E-state index is 13.3. The van der Waals surface area contributed by atoms with Crippen molar-refractivity contribution in [3.63, 3.8) is 0 Å². The van der Waals surface area contributed by atoms with Crippen molar-refractivity contribution in [1.82, 2.24) is 10.2 Å². The first-order chi connectivity index (χ1) is 15.6. The van der Waals surface area contributed by atoms with Crippen LogP contribution in [0, 0.1) is 5.82 Å². The van der Waals surface area contributed by atoms with E-state index in [9.17, 15) is 22.4 Å². The molecule has 0 unspecified atom stereocenters. The van der Waals surface area contributed by atoms with Gasteiger partial charge in [-0.3, -0.25) is 13.9 Å². The van der Waals surface area contributed by atoms with Crippen molar-refractivity contribution >= 4 is 27.5 Å². The summed E-state index contributed by atoms with van der Waals surface area (Å²) >= 11 is 0. The lowest BCUT2D eigenvalue weighted by molar-refractivity contribution is -0.139. The van der Waals surface area contributed by atoms with Gasteiger partial charge in [-0.05, 0) is 62.7 Å². The molecule has 180 valence electrons. The molecule has 2 aromatic carbocycles. The topological polar surface area (TPSA) is 96.0 Å². The number of halogens is 1. The van der Waals surface area contributed by atoms with Gasteiger partial charge in [-0.2, -0.15) is 0 Å². The summed E-state index contributed by atoms with van der Waals surface area (Å²) in [5.41, 5.74) is 0.898. The Labute approximate surface area is 194 Å². The molecule has 0 saturated carbocycles. The molecule has 10 heteroatoms. The van der Waals surface area contributed by atoms with Crippen molar-refractivity contribution in [2.75, 3.05) is 30.3 Å². The van der Waals surface area contributed by atoms with Crippen LogP contribution in [0.2, 0.25) is 0 Å². The maximum Gasteiger partial charge on any atom is 0.244 e. The van der Waals surface area contributed by atoms with Crippen LogP contribution in [-0.4, -0.2) is 57.1 Å². The third kappa shape index (κ3) is 7.45. The molecule has 33 heavy (non-hydrogen) atoms. The number of rotatable bonds is 11. The Morgan fingerprint density at radius 1 is 1.06 bits per heavy atom. The first-order valence-corrected chi connectivity index (χ1v) is 12.4. The molecular weight excluding hydrogens is 449 g/mol. The number of anilines is 1. The highest BCUT2D eigenvalue weighted by Crippen LogP contribution is 2.22. The van der Waals surface area contributed by atoms with Gasteiger partial charge in [-0.25, -0.2) is 12.8 Å². The molecule has 0 aliphatic carbocycles. The molecule has 1 atom stereocenters. The van der Waals surface area contributed by atoms with Crippen molar-refractivity contribution in [3.05, 3.63) is 59.9 Å². The van der Waals surface area contributed by atoms with Crippen molar-refractivity contribution in [3.8, 4) is 5.75 Å². The number of sulfonamides is 1. The van der Waals surface area contributed by atoms with E-state index in [1.165, 1.54) is 29.2 Å². The largest absolute Gasteiger partial charge is 0.494 e. The molecule has 2 aromatic rings. The summed E-state index contributed by atoms with van der Waals surface area (Å²) in [6.07, 6.45) is 1.01. The van der Waals surface area contributed by atoms with Gasteiger partial charge in [0.1, 0.15) is 24.2 Å². The molecule has 2 amide bonds. The summed E-state index contributed by atoms with van der Waals surface area (Å²) in [6, 6.07) is 11.0. The highest BCUT2D eigenvalue weighted by Gasteiger charge is 2.29. The molecule has 2 rings (SSSR count). The fraction of sp³-hybridized carbons (Fsp3) is 0.391. The highest BCUT2D eigenvalue weighted by atomic mass is 32.2. The van der Waals surface area contributed by atoms with Gasteiger partial charge in [-0.15, -0.1) is 0 Å². The van der Waals surface area contributed by atoms with E-state index in [4.69, 9.17) is 4.74 Å². The van der Waals surface area contributed by atoms with Crippen molar-refractivity contribution in [1.29, 1.82) is 0 Å². The maximum atomic E-state index is 13.3. The molecule has 8 nitrogen and oxygen atoms in total. The number of likely N-dealkylation sites (N-methyl/N-ethyl adjacent to an activating group) is 1. The van der Waals surface area contributed by atoms with Gasteiger partial charge >= 0.3 is 0 Å². The number of carbonyl (C=O) groups excluding carboxylic acids is 2. The fourth-order valence-corrected chi connectivity index (χ4v) is 4.03. The van der Waals surface area contributed by atoms with Crippen LogP contribution in [0.25, 0.3) is 0 Å². The van der Waals surface area contributed by atoms with Crippen molar-refractivity contribution in [2.24, 2.45) is 0 Å². The summed E-state index contributed by atoms with van der Waals surface area (Å²) < 4.78 is 44.7. The van der Waals surface area contributed by atoms with E-state index >= 15 is 0 Å². The van der Waals surface area contributed by atoms with E-state index in [2.05, 4.69) is 5.32 Å². The SMILES string of the molecule is CCNC(=O)[C@@H](C)N(Cc1ccc(F)cc1)C(=O)CN(c1ccc(OCC)cc1)S(C)(=O)=O. The van der Waals surface area contributed by atoms with Crippen LogP contribution in [0.5, 0.6) is 5.75 Å². The number of nitrogens with one attached hydrogen (secondary N) is 1. The lowest BCUT2D eigenvalue weighted by Gasteiger charge is -2.31. The van der Waals surface area contributed by atoms with Gasteiger partial charge in [0, 0.05) is 13.1 Å². The monoisotopic (exact) mass is 479 g/mol. The Kier molecular flexibility index (Phi) is 9.22. The molecular formula is C23H30FN3O5S. The number of hydrogen-bond acceptors (Lipinski definition) is 5. The summed E-state index contributed by atoms with van der Waals surface area (Å²) in [6.45, 7) is 5.51. The van der Waals surface area contributed by atoms with E-state index in [1.807, 2.05) is 6.92 Å². The smallest absolute Gasteiger partial charge is 0.244 e. The van der Waals surface area contributed by atoms with E-state index < -0.39 is 34.3 Å². The molecule has 0 fully saturated rings. The first-order valence-electron chi connectivity index (χ1n) is 10.6. The van der Waals surface area contributed by atoms with E-state index in [0.29, 0.717) is 30.2 Å². The van der Waals surface area contributed by atoms with Crippen LogP contribution in [0.4, 0.5) is 10.1 Å². The van der Waals surface area contributed by atoms with E-state index in [-0.39, 0.29) is 12.5 Å². The second kappa shape index (κ2) is 11.6. The number of benzene rings is 2. The summed E-state index contributed by atoms with van der Waals surface area (Å²) in [5.74, 6) is -0.798. The Morgan fingerprint density at radius 2 is 1.67 bits per heavy atom. The molecule has 0 spiro atoms. The minimum absolute atomic E-state index is 0.0122. The minimum Gasteiger partial charge on any atom is -0.494 e. The van der Waals surface area contributed by atoms with Gasteiger partial charge in [0.15, 0.2) is 0 Å². The lowest BCUT2D eigenvalue weighted by Crippen LogP contribution is -2.51. The Balaban J connectivity index is 2.34. The van der Waals surface area contributed by atoms with Gasteiger partial charge in [0.2, 0.25) is 21.8 Å². The number of nitrogens with zero attached hydrogens (tertiary/aromatic N) is 2. The Bertz CT molecular complexity index is 1040. The lowest BCUT2D eigenvalue weighted by atomic mass is 10.1. The highest BCUT2D eigenvalue weighted by molar-refractivity contribution is 7.92. The quantitative estimate of drug-likeness (QED) is 0.534. The molecule has 0 heterocycles. The zero-order valence-corrected chi connectivity index (χ0v) is 20.1. The van der Waals surface area contributed by atoms with Crippen molar-refractivity contribution < 1.29 is 27.1 Å². The number of amides is 2. The van der Waals surface area contributed by atoms with Crippen LogP contribution in [0.15, 0.2) is 48.5 Å². The number of hydrogen-bond donors (Lipinski definition) is 1. The van der Waals surface area contributed by atoms with Crippen LogP contribution in [-0.2, 0) is 26.2 Å². The molecule has 1 N–H and O–H groups in total. The molecule has 0 aliphatic heterocycles. The molecule has 0 radical (unpaired) electrons. The van der Waals surface area contributed by atoms with Crippen molar-refractivity contribution in [2.45, 2.75) is 33.4 Å².